The van der Waals surface area contributed by atoms with Gasteiger partial charge in [-0.25, -0.2) is 4.39 Å². The monoisotopic (exact) mass is 289 g/mol. The Hall–Kier alpha value is -0.940. The van der Waals surface area contributed by atoms with Crippen LogP contribution in [0.25, 0.3) is 0 Å². The molecular weight excluding hydrogens is 277 g/mol. The maximum Gasteiger partial charge on any atom is 0.256 e. The number of aliphatic hydroxyl groups is 1. The number of hydrogen-bond donors (Lipinski definition) is 1. The molecule has 5 heteroatoms. The minimum Gasteiger partial charge on any atom is -0.395 e. The maximum absolute atomic E-state index is 13.5. The van der Waals surface area contributed by atoms with Crippen LogP contribution in [-0.4, -0.2) is 35.6 Å². The van der Waals surface area contributed by atoms with E-state index in [4.69, 9.17) is 5.11 Å². The van der Waals surface area contributed by atoms with E-state index in [-0.39, 0.29) is 18.7 Å². The first kappa shape index (κ1) is 13.1. The summed E-state index contributed by atoms with van der Waals surface area (Å²) in [4.78, 5) is 13.3. The third-order valence-corrected chi connectivity index (χ3v) is 2.69. The second-order valence-corrected chi connectivity index (χ2v) is 4.15. The van der Waals surface area contributed by atoms with E-state index in [0.717, 1.165) is 0 Å². The van der Waals surface area contributed by atoms with E-state index in [0.29, 0.717) is 11.0 Å². The quantitative estimate of drug-likeness (QED) is 0.922. The zero-order valence-electron chi connectivity index (χ0n) is 8.91. The van der Waals surface area contributed by atoms with Gasteiger partial charge in [0, 0.05) is 17.6 Å². The van der Waals surface area contributed by atoms with Gasteiger partial charge in [0.1, 0.15) is 5.82 Å². The van der Waals surface area contributed by atoms with Crippen molar-refractivity contribution >= 4 is 21.8 Å². The van der Waals surface area contributed by atoms with Crippen molar-refractivity contribution in [1.29, 1.82) is 0 Å². The van der Waals surface area contributed by atoms with Crippen molar-refractivity contribution in [2.75, 3.05) is 19.7 Å². The number of halogens is 2. The predicted octanol–water partition coefficient (Wildman–Crippen LogP) is 2.04. The van der Waals surface area contributed by atoms with E-state index < -0.39 is 11.7 Å². The molecule has 3 nitrogen and oxygen atoms in total. The van der Waals surface area contributed by atoms with Gasteiger partial charge in [0.05, 0.1) is 12.2 Å². The van der Waals surface area contributed by atoms with Gasteiger partial charge >= 0.3 is 0 Å². The first-order chi connectivity index (χ1) is 7.60. The number of nitrogens with zero attached hydrogens (tertiary/aromatic N) is 1. The number of carbonyl (C=O) groups is 1. The average Bonchev–Trinajstić information content (AvgIpc) is 2.25. The molecule has 0 unspecified atom stereocenters. The summed E-state index contributed by atoms with van der Waals surface area (Å²) in [7, 11) is 0. The molecule has 1 amide bonds. The molecule has 0 heterocycles. The highest BCUT2D eigenvalue weighted by Gasteiger charge is 2.17. The van der Waals surface area contributed by atoms with E-state index in [9.17, 15) is 9.18 Å². The summed E-state index contributed by atoms with van der Waals surface area (Å²) in [5, 5.41) is 8.78. The van der Waals surface area contributed by atoms with Gasteiger partial charge in [0.15, 0.2) is 0 Å². The molecule has 88 valence electrons. The van der Waals surface area contributed by atoms with Crippen LogP contribution >= 0.6 is 15.9 Å². The molecule has 0 aliphatic heterocycles. The number of amides is 1. The summed E-state index contributed by atoms with van der Waals surface area (Å²) in [6, 6.07) is 4.30. The molecule has 0 saturated heterocycles. The third kappa shape index (κ3) is 3.02. The Morgan fingerprint density at radius 2 is 2.25 bits per heavy atom. The van der Waals surface area contributed by atoms with Gasteiger partial charge in [0.2, 0.25) is 0 Å². The van der Waals surface area contributed by atoms with Crippen LogP contribution in [0.3, 0.4) is 0 Å². The van der Waals surface area contributed by atoms with Crippen LogP contribution in [0.2, 0.25) is 0 Å². The van der Waals surface area contributed by atoms with Gasteiger partial charge in [-0.3, -0.25) is 4.79 Å². The Labute approximate surface area is 102 Å². The smallest absolute Gasteiger partial charge is 0.256 e. The van der Waals surface area contributed by atoms with E-state index >= 15 is 0 Å². The van der Waals surface area contributed by atoms with Crippen LogP contribution in [0.15, 0.2) is 22.7 Å². The SMILES string of the molecule is CCN(CCO)C(=O)c1ccc(Br)cc1F. The molecule has 0 spiro atoms. The molecule has 0 aliphatic carbocycles. The normalized spacial score (nSPS) is 10.2. The third-order valence-electron chi connectivity index (χ3n) is 2.20. The molecule has 1 N–H and O–H groups in total. The predicted molar refractivity (Wildman–Crippen MR) is 62.8 cm³/mol. The van der Waals surface area contributed by atoms with Gasteiger partial charge in [-0.2, -0.15) is 0 Å². The van der Waals surface area contributed by atoms with Crippen LogP contribution in [0, 0.1) is 5.82 Å². The van der Waals surface area contributed by atoms with Crippen molar-refractivity contribution in [3.05, 3.63) is 34.1 Å². The van der Waals surface area contributed by atoms with Gasteiger partial charge in [-0.1, -0.05) is 15.9 Å². The van der Waals surface area contributed by atoms with Gasteiger partial charge in [-0.15, -0.1) is 0 Å². The second-order valence-electron chi connectivity index (χ2n) is 3.23. The van der Waals surface area contributed by atoms with Crippen molar-refractivity contribution in [3.63, 3.8) is 0 Å². The lowest BCUT2D eigenvalue weighted by molar-refractivity contribution is 0.0727. The highest BCUT2D eigenvalue weighted by molar-refractivity contribution is 9.10. The van der Waals surface area contributed by atoms with Gasteiger partial charge in [-0.05, 0) is 25.1 Å². The van der Waals surface area contributed by atoms with Crippen LogP contribution in [0.5, 0.6) is 0 Å². The Bertz CT molecular complexity index is 384. The zero-order chi connectivity index (χ0) is 12.1. The number of carbonyl (C=O) groups excluding carboxylic acids is 1. The van der Waals surface area contributed by atoms with E-state index in [2.05, 4.69) is 15.9 Å². The van der Waals surface area contributed by atoms with Crippen molar-refractivity contribution in [1.82, 2.24) is 4.90 Å². The summed E-state index contributed by atoms with van der Waals surface area (Å²) in [6.07, 6.45) is 0. The highest BCUT2D eigenvalue weighted by atomic mass is 79.9. The Kier molecular flexibility index (Phi) is 4.89. The Morgan fingerprint density at radius 1 is 1.56 bits per heavy atom. The van der Waals surface area contributed by atoms with Gasteiger partial charge < -0.3 is 10.0 Å². The zero-order valence-corrected chi connectivity index (χ0v) is 10.5. The molecule has 1 rings (SSSR count). The number of hydrogen-bond acceptors (Lipinski definition) is 2. The summed E-state index contributed by atoms with van der Waals surface area (Å²) in [5.74, 6) is -0.961. The molecule has 0 fully saturated rings. The first-order valence-corrected chi connectivity index (χ1v) is 5.74. The largest absolute Gasteiger partial charge is 0.395 e. The molecule has 0 radical (unpaired) electrons. The number of benzene rings is 1. The maximum atomic E-state index is 13.5. The van der Waals surface area contributed by atoms with E-state index in [1.54, 1.807) is 13.0 Å². The summed E-state index contributed by atoms with van der Waals surface area (Å²) >= 11 is 3.13. The first-order valence-electron chi connectivity index (χ1n) is 4.95. The van der Waals surface area contributed by atoms with Crippen LogP contribution in [0.4, 0.5) is 4.39 Å². The molecule has 0 aliphatic rings. The van der Waals surface area contributed by atoms with Crippen molar-refractivity contribution < 1.29 is 14.3 Å². The molecule has 1 aromatic carbocycles. The minimum absolute atomic E-state index is 0.0264. The molecule has 0 aromatic heterocycles. The molecule has 0 atom stereocenters. The highest BCUT2D eigenvalue weighted by Crippen LogP contribution is 2.16. The Balaban J connectivity index is 2.94. The fourth-order valence-electron chi connectivity index (χ4n) is 1.36. The summed E-state index contributed by atoms with van der Waals surface area (Å²) in [6.45, 7) is 2.31. The van der Waals surface area contributed by atoms with Crippen LogP contribution in [0.1, 0.15) is 17.3 Å². The lowest BCUT2D eigenvalue weighted by Crippen LogP contribution is -2.33. The lowest BCUT2D eigenvalue weighted by atomic mass is 10.2. The Morgan fingerprint density at radius 3 is 2.75 bits per heavy atom. The molecule has 16 heavy (non-hydrogen) atoms. The average molecular weight is 290 g/mol. The standard InChI is InChI=1S/C11H13BrFNO2/c1-2-14(5-6-15)11(16)9-4-3-8(12)7-10(9)13/h3-4,7,15H,2,5-6H2,1H3. The number of aliphatic hydroxyl groups excluding tert-OH is 1. The van der Waals surface area contributed by atoms with Crippen molar-refractivity contribution in [2.24, 2.45) is 0 Å². The van der Waals surface area contributed by atoms with Crippen LogP contribution in [-0.2, 0) is 0 Å². The molecular formula is C11H13BrFNO2. The van der Waals surface area contributed by atoms with Crippen LogP contribution < -0.4 is 0 Å². The van der Waals surface area contributed by atoms with E-state index in [1.165, 1.54) is 17.0 Å². The van der Waals surface area contributed by atoms with Crippen molar-refractivity contribution in [3.8, 4) is 0 Å². The second kappa shape index (κ2) is 5.96. The molecule has 0 saturated carbocycles. The summed E-state index contributed by atoms with van der Waals surface area (Å²) < 4.78 is 14.1. The fourth-order valence-corrected chi connectivity index (χ4v) is 1.69. The number of likely N-dealkylation sites (N-methyl/N-ethyl adjacent to an activating group) is 1. The minimum atomic E-state index is -0.559. The lowest BCUT2D eigenvalue weighted by Gasteiger charge is -2.19. The van der Waals surface area contributed by atoms with E-state index in [1.807, 2.05) is 0 Å². The van der Waals surface area contributed by atoms with Gasteiger partial charge in [0.25, 0.3) is 5.91 Å². The number of rotatable bonds is 4. The fraction of sp³-hybridized carbons (Fsp3) is 0.364. The molecule has 1 aromatic rings. The molecule has 0 bridgehead atoms. The van der Waals surface area contributed by atoms with Crippen molar-refractivity contribution in [2.45, 2.75) is 6.92 Å². The summed E-state index contributed by atoms with van der Waals surface area (Å²) in [5.41, 5.74) is 0.0264. The topological polar surface area (TPSA) is 40.5 Å².